The molecule has 0 aliphatic rings. The van der Waals surface area contributed by atoms with E-state index < -0.39 is 0 Å². The maximum absolute atomic E-state index is 13.9. The number of anilines is 2. The smallest absolute Gasteiger partial charge is 0.214 e. The van der Waals surface area contributed by atoms with Crippen molar-refractivity contribution in [2.45, 2.75) is 6.54 Å². The Morgan fingerprint density at radius 1 is 1.34 bits per heavy atom. The summed E-state index contributed by atoms with van der Waals surface area (Å²) in [6.45, 7) is 0.0741. The number of nitrogen functional groups attached to an aromatic ring is 1. The number of rotatable bonds is 7. The highest BCUT2D eigenvalue weighted by Gasteiger charge is 2.12. The van der Waals surface area contributed by atoms with E-state index in [4.69, 9.17) is 16.0 Å². The van der Waals surface area contributed by atoms with Crippen molar-refractivity contribution in [2.24, 2.45) is 10.7 Å². The molecule has 1 aromatic carbocycles. The molecule has 1 amide bonds. The number of nitrogens with two attached hydrogens (primary N) is 2. The van der Waals surface area contributed by atoms with Gasteiger partial charge in [0.2, 0.25) is 6.41 Å². The molecule has 3 aromatic rings. The maximum Gasteiger partial charge on any atom is 0.214 e. The molecular weight excluding hydrogens is 377 g/mol. The van der Waals surface area contributed by atoms with E-state index >= 15 is 0 Å². The SMILES string of the molecule is CN(C=O)c1cnc(C(N)=CC(=NCc2ccccc2F)c2ccon2)nc1N. The quantitative estimate of drug-likeness (QED) is 0.459. The molecule has 2 heterocycles. The summed E-state index contributed by atoms with van der Waals surface area (Å²) in [5.74, 6) is -0.126. The molecule has 10 heteroatoms. The molecule has 9 nitrogen and oxygen atoms in total. The zero-order valence-electron chi connectivity index (χ0n) is 15.5. The monoisotopic (exact) mass is 395 g/mol. The Morgan fingerprint density at radius 3 is 2.79 bits per heavy atom. The Bertz CT molecular complexity index is 1060. The van der Waals surface area contributed by atoms with E-state index in [0.717, 1.165) is 0 Å². The van der Waals surface area contributed by atoms with Crippen LogP contribution in [0.2, 0.25) is 0 Å². The highest BCUT2D eigenvalue weighted by molar-refractivity contribution is 6.10. The Balaban J connectivity index is 1.94. The van der Waals surface area contributed by atoms with E-state index in [2.05, 4.69) is 20.1 Å². The van der Waals surface area contributed by atoms with Gasteiger partial charge in [0.1, 0.15) is 23.5 Å². The van der Waals surface area contributed by atoms with Crippen LogP contribution in [0.4, 0.5) is 15.9 Å². The molecule has 2 aromatic heterocycles. The van der Waals surface area contributed by atoms with Gasteiger partial charge in [-0.25, -0.2) is 14.4 Å². The van der Waals surface area contributed by atoms with Gasteiger partial charge in [-0.15, -0.1) is 0 Å². The fourth-order valence-electron chi connectivity index (χ4n) is 2.41. The van der Waals surface area contributed by atoms with Crippen molar-refractivity contribution in [3.8, 4) is 0 Å². The molecule has 3 rings (SSSR count). The normalized spacial score (nSPS) is 12.1. The minimum Gasteiger partial charge on any atom is -0.396 e. The minimum absolute atomic E-state index is 0.0741. The summed E-state index contributed by atoms with van der Waals surface area (Å²) >= 11 is 0. The van der Waals surface area contributed by atoms with Crippen LogP contribution in [0.5, 0.6) is 0 Å². The number of aliphatic imine (C=N–C) groups is 1. The molecule has 0 saturated carbocycles. The predicted molar refractivity (Wildman–Crippen MR) is 106 cm³/mol. The zero-order valence-corrected chi connectivity index (χ0v) is 15.5. The van der Waals surface area contributed by atoms with Crippen molar-refractivity contribution >= 4 is 29.3 Å². The van der Waals surface area contributed by atoms with Crippen LogP contribution < -0.4 is 16.4 Å². The van der Waals surface area contributed by atoms with E-state index in [-0.39, 0.29) is 29.7 Å². The Hall–Kier alpha value is -4.08. The van der Waals surface area contributed by atoms with Crippen LogP contribution >= 0.6 is 0 Å². The number of amides is 1. The lowest BCUT2D eigenvalue weighted by molar-refractivity contribution is -0.107. The molecule has 0 aliphatic carbocycles. The van der Waals surface area contributed by atoms with E-state index in [1.165, 1.54) is 36.5 Å². The third-order valence-corrected chi connectivity index (χ3v) is 3.96. The Labute approximate surface area is 165 Å². The highest BCUT2D eigenvalue weighted by atomic mass is 19.1. The average molecular weight is 395 g/mol. The lowest BCUT2D eigenvalue weighted by Crippen LogP contribution is -2.18. The van der Waals surface area contributed by atoms with Gasteiger partial charge in [-0.1, -0.05) is 23.4 Å². The number of nitrogens with zero attached hydrogens (tertiary/aromatic N) is 5. The van der Waals surface area contributed by atoms with E-state index in [9.17, 15) is 9.18 Å². The third kappa shape index (κ3) is 4.61. The van der Waals surface area contributed by atoms with E-state index in [1.807, 2.05) is 0 Å². The highest BCUT2D eigenvalue weighted by Crippen LogP contribution is 2.19. The third-order valence-electron chi connectivity index (χ3n) is 3.96. The standard InChI is InChI=1S/C19H18FN7O2/c1-27(11-28)17-10-24-19(25-18(17)22)14(21)8-16(15-6-7-29-26-15)23-9-12-4-2-3-5-13(12)20/h2-8,10-11H,9,21H2,1H3,(H2,22,24,25). The number of aromatic nitrogens is 3. The second-order valence-corrected chi connectivity index (χ2v) is 5.96. The molecule has 0 spiro atoms. The van der Waals surface area contributed by atoms with Crippen LogP contribution in [0.15, 0.2) is 58.4 Å². The lowest BCUT2D eigenvalue weighted by atomic mass is 10.2. The number of hydrogen-bond acceptors (Lipinski definition) is 8. The van der Waals surface area contributed by atoms with Crippen LogP contribution in [0.3, 0.4) is 0 Å². The van der Waals surface area contributed by atoms with Crippen molar-refractivity contribution in [3.05, 3.63) is 71.8 Å². The topological polar surface area (TPSA) is 137 Å². The fourth-order valence-corrected chi connectivity index (χ4v) is 2.41. The van der Waals surface area contributed by atoms with Gasteiger partial charge >= 0.3 is 0 Å². The number of benzene rings is 1. The van der Waals surface area contributed by atoms with Gasteiger partial charge in [-0.05, 0) is 12.1 Å². The molecule has 0 fully saturated rings. The summed E-state index contributed by atoms with van der Waals surface area (Å²) in [6, 6.07) is 7.92. The van der Waals surface area contributed by atoms with E-state index in [1.54, 1.807) is 24.3 Å². The number of carbonyl (C=O) groups excluding carboxylic acids is 1. The number of allylic oxidation sites excluding steroid dienone is 1. The largest absolute Gasteiger partial charge is 0.396 e. The molecule has 0 aliphatic heterocycles. The average Bonchev–Trinajstić information content (AvgIpc) is 3.26. The summed E-state index contributed by atoms with van der Waals surface area (Å²) in [6.07, 6.45) is 4.86. The van der Waals surface area contributed by atoms with Gasteiger partial charge in [-0.2, -0.15) is 0 Å². The van der Waals surface area contributed by atoms with Crippen molar-refractivity contribution in [1.82, 2.24) is 15.1 Å². The summed E-state index contributed by atoms with van der Waals surface area (Å²) in [5, 5.41) is 3.85. The van der Waals surface area contributed by atoms with Crippen LogP contribution in [-0.4, -0.2) is 34.3 Å². The van der Waals surface area contributed by atoms with Gasteiger partial charge in [0, 0.05) is 18.7 Å². The molecule has 0 radical (unpaired) electrons. The second-order valence-electron chi connectivity index (χ2n) is 5.96. The first-order valence-corrected chi connectivity index (χ1v) is 8.46. The number of halogens is 1. The second kappa shape index (κ2) is 8.74. The van der Waals surface area contributed by atoms with Crippen LogP contribution in [0.25, 0.3) is 5.70 Å². The van der Waals surface area contributed by atoms with Gasteiger partial charge in [0.25, 0.3) is 0 Å². The molecule has 0 unspecified atom stereocenters. The van der Waals surface area contributed by atoms with E-state index in [0.29, 0.717) is 29.1 Å². The van der Waals surface area contributed by atoms with Crippen LogP contribution in [0.1, 0.15) is 17.1 Å². The lowest BCUT2D eigenvalue weighted by Gasteiger charge is -2.12. The van der Waals surface area contributed by atoms with Gasteiger partial charge in [0.15, 0.2) is 11.6 Å². The molecule has 148 valence electrons. The molecular formula is C19H18FN7O2. The van der Waals surface area contributed by atoms with Crippen molar-refractivity contribution in [2.75, 3.05) is 17.7 Å². The Kier molecular flexibility index (Phi) is 5.93. The van der Waals surface area contributed by atoms with Crippen molar-refractivity contribution in [3.63, 3.8) is 0 Å². The summed E-state index contributed by atoms with van der Waals surface area (Å²) < 4.78 is 18.7. The zero-order chi connectivity index (χ0) is 20.8. The molecule has 29 heavy (non-hydrogen) atoms. The first kappa shape index (κ1) is 19.7. The molecule has 0 atom stereocenters. The molecule has 4 N–H and O–H groups in total. The van der Waals surface area contributed by atoms with Crippen LogP contribution in [-0.2, 0) is 11.3 Å². The number of carbonyl (C=O) groups is 1. The summed E-state index contributed by atoms with van der Waals surface area (Å²) in [4.78, 5) is 24.8. The van der Waals surface area contributed by atoms with Gasteiger partial charge in [-0.3, -0.25) is 9.79 Å². The predicted octanol–water partition coefficient (Wildman–Crippen LogP) is 1.77. The van der Waals surface area contributed by atoms with Gasteiger partial charge in [0.05, 0.1) is 24.2 Å². The molecule has 0 bridgehead atoms. The minimum atomic E-state index is -0.362. The Morgan fingerprint density at radius 2 is 2.14 bits per heavy atom. The van der Waals surface area contributed by atoms with Crippen molar-refractivity contribution in [1.29, 1.82) is 0 Å². The van der Waals surface area contributed by atoms with Crippen LogP contribution in [0, 0.1) is 5.82 Å². The number of hydrogen-bond donors (Lipinski definition) is 2. The molecule has 0 saturated heterocycles. The first-order valence-electron chi connectivity index (χ1n) is 8.46. The van der Waals surface area contributed by atoms with Crippen molar-refractivity contribution < 1.29 is 13.7 Å². The first-order chi connectivity index (χ1) is 14.0. The fraction of sp³-hybridized carbons (Fsp3) is 0.105. The summed E-state index contributed by atoms with van der Waals surface area (Å²) in [7, 11) is 1.53. The maximum atomic E-state index is 13.9. The summed E-state index contributed by atoms with van der Waals surface area (Å²) in [5.41, 5.74) is 13.7. The van der Waals surface area contributed by atoms with Gasteiger partial charge < -0.3 is 20.9 Å².